The molecule has 2 aromatic carbocycles. The SMILES string of the molecule is C[N+](C)(CC(N)C(=O)c1ccccc1)c1ccccc1. The molecule has 0 radical (unpaired) electrons. The Labute approximate surface area is 120 Å². The van der Waals surface area contributed by atoms with Crippen molar-refractivity contribution in [2.75, 3.05) is 20.6 Å². The van der Waals surface area contributed by atoms with E-state index in [9.17, 15) is 4.79 Å². The molecule has 1 unspecified atom stereocenters. The van der Waals surface area contributed by atoms with Gasteiger partial charge in [0.25, 0.3) is 0 Å². The average Bonchev–Trinajstić information content (AvgIpc) is 2.48. The summed E-state index contributed by atoms with van der Waals surface area (Å²) in [5.74, 6) is -0.00673. The molecule has 0 saturated carbocycles. The van der Waals surface area contributed by atoms with Crippen molar-refractivity contribution in [3.63, 3.8) is 0 Å². The molecule has 1 atom stereocenters. The first-order valence-corrected chi connectivity index (χ1v) is 6.74. The van der Waals surface area contributed by atoms with Gasteiger partial charge in [-0.2, -0.15) is 0 Å². The first-order chi connectivity index (χ1) is 9.50. The maximum Gasteiger partial charge on any atom is 0.185 e. The average molecular weight is 269 g/mol. The summed E-state index contributed by atoms with van der Waals surface area (Å²) in [6.45, 7) is 0.567. The van der Waals surface area contributed by atoms with E-state index in [1.807, 2.05) is 48.5 Å². The number of nitrogens with zero attached hydrogens (tertiary/aromatic N) is 1. The van der Waals surface area contributed by atoms with Crippen molar-refractivity contribution in [1.82, 2.24) is 4.48 Å². The van der Waals surface area contributed by atoms with Crippen molar-refractivity contribution < 1.29 is 4.79 Å². The topological polar surface area (TPSA) is 43.1 Å². The molecule has 3 heteroatoms. The Morgan fingerprint density at radius 2 is 1.50 bits per heavy atom. The zero-order valence-electron chi connectivity index (χ0n) is 12.0. The fourth-order valence-electron chi connectivity index (χ4n) is 2.33. The second-order valence-electron chi connectivity index (χ2n) is 5.54. The van der Waals surface area contributed by atoms with Crippen LogP contribution in [0.15, 0.2) is 60.7 Å². The number of para-hydroxylation sites is 1. The molecular formula is C17H21N2O+. The normalized spacial score (nSPS) is 12.9. The number of hydrogen-bond donors (Lipinski definition) is 1. The molecule has 104 valence electrons. The standard InChI is InChI=1S/C17H21N2O/c1-19(2,15-11-7-4-8-12-15)13-16(18)17(20)14-9-5-3-6-10-14/h3-12,16H,13,18H2,1-2H3/q+1. The number of nitrogens with two attached hydrogens (primary N) is 1. The lowest BCUT2D eigenvalue weighted by Gasteiger charge is -2.31. The van der Waals surface area contributed by atoms with Gasteiger partial charge in [0, 0.05) is 5.56 Å². The summed E-state index contributed by atoms with van der Waals surface area (Å²) in [6, 6.07) is 18.8. The molecule has 2 rings (SSSR count). The van der Waals surface area contributed by atoms with Gasteiger partial charge in [-0.25, -0.2) is 0 Å². The molecule has 0 aliphatic rings. The Kier molecular flexibility index (Phi) is 4.32. The predicted octanol–water partition coefficient (Wildman–Crippen LogP) is 2.46. The maximum atomic E-state index is 12.3. The Morgan fingerprint density at radius 1 is 1.00 bits per heavy atom. The van der Waals surface area contributed by atoms with Crippen LogP contribution in [-0.4, -0.2) is 32.5 Å². The molecule has 3 nitrogen and oxygen atoms in total. The van der Waals surface area contributed by atoms with Crippen molar-refractivity contribution in [1.29, 1.82) is 0 Å². The number of ketones is 1. The van der Waals surface area contributed by atoms with Gasteiger partial charge in [0.15, 0.2) is 5.78 Å². The van der Waals surface area contributed by atoms with Crippen LogP contribution in [-0.2, 0) is 0 Å². The van der Waals surface area contributed by atoms with Crippen LogP contribution in [0, 0.1) is 0 Å². The second kappa shape index (κ2) is 5.99. The summed E-state index contributed by atoms with van der Waals surface area (Å²) >= 11 is 0. The lowest BCUT2D eigenvalue weighted by Crippen LogP contribution is -2.52. The van der Waals surface area contributed by atoms with E-state index in [0.717, 1.165) is 5.69 Å². The van der Waals surface area contributed by atoms with Gasteiger partial charge in [0.1, 0.15) is 18.3 Å². The van der Waals surface area contributed by atoms with E-state index in [-0.39, 0.29) is 5.78 Å². The van der Waals surface area contributed by atoms with Crippen LogP contribution in [0.2, 0.25) is 0 Å². The van der Waals surface area contributed by atoms with Crippen molar-refractivity contribution in [2.45, 2.75) is 6.04 Å². The highest BCUT2D eigenvalue weighted by Gasteiger charge is 2.27. The maximum absolute atomic E-state index is 12.3. The van der Waals surface area contributed by atoms with E-state index in [1.165, 1.54) is 0 Å². The highest BCUT2D eigenvalue weighted by atomic mass is 16.1. The first-order valence-electron chi connectivity index (χ1n) is 6.74. The van der Waals surface area contributed by atoms with E-state index in [2.05, 4.69) is 26.2 Å². The van der Waals surface area contributed by atoms with Crippen LogP contribution in [0.1, 0.15) is 10.4 Å². The molecule has 0 amide bonds. The molecule has 0 heterocycles. The molecule has 0 spiro atoms. The number of Topliss-reactive ketones (excluding diaryl/α,β-unsaturated/α-hetero) is 1. The van der Waals surface area contributed by atoms with Crippen LogP contribution in [0.4, 0.5) is 5.69 Å². The van der Waals surface area contributed by atoms with E-state index in [4.69, 9.17) is 5.73 Å². The van der Waals surface area contributed by atoms with Gasteiger partial charge in [-0.3, -0.25) is 9.28 Å². The van der Waals surface area contributed by atoms with E-state index in [0.29, 0.717) is 16.6 Å². The van der Waals surface area contributed by atoms with Gasteiger partial charge in [-0.05, 0) is 12.1 Å². The highest BCUT2D eigenvalue weighted by Crippen LogP contribution is 2.18. The Morgan fingerprint density at radius 3 is 2.05 bits per heavy atom. The van der Waals surface area contributed by atoms with Gasteiger partial charge in [0.05, 0.1) is 14.1 Å². The molecule has 0 aromatic heterocycles. The quantitative estimate of drug-likeness (QED) is 0.669. The second-order valence-corrected chi connectivity index (χ2v) is 5.54. The van der Waals surface area contributed by atoms with Crippen LogP contribution in [0.25, 0.3) is 0 Å². The zero-order valence-corrected chi connectivity index (χ0v) is 12.0. The number of rotatable bonds is 5. The number of carbonyl (C=O) groups excluding carboxylic acids is 1. The summed E-state index contributed by atoms with van der Waals surface area (Å²) in [5.41, 5.74) is 7.92. The van der Waals surface area contributed by atoms with Gasteiger partial charge >= 0.3 is 0 Å². The molecule has 0 aliphatic carbocycles. The lowest BCUT2D eigenvalue weighted by molar-refractivity contribution is 0.0947. The van der Waals surface area contributed by atoms with Crippen molar-refractivity contribution in [3.8, 4) is 0 Å². The molecule has 0 fully saturated rings. The van der Waals surface area contributed by atoms with Gasteiger partial charge in [0.2, 0.25) is 0 Å². The van der Waals surface area contributed by atoms with Gasteiger partial charge < -0.3 is 5.73 Å². The first kappa shape index (κ1) is 14.4. The largest absolute Gasteiger partial charge is 0.317 e. The van der Waals surface area contributed by atoms with Crippen LogP contribution >= 0.6 is 0 Å². The van der Waals surface area contributed by atoms with Gasteiger partial charge in [-0.15, -0.1) is 0 Å². The van der Waals surface area contributed by atoms with Crippen LogP contribution < -0.4 is 10.2 Å². The molecule has 0 aliphatic heterocycles. The minimum absolute atomic E-state index is 0.00673. The fraction of sp³-hybridized carbons (Fsp3) is 0.235. The van der Waals surface area contributed by atoms with Crippen LogP contribution in [0.5, 0.6) is 0 Å². The summed E-state index contributed by atoms with van der Waals surface area (Å²) in [4.78, 5) is 12.3. The predicted molar refractivity (Wildman–Crippen MR) is 83.7 cm³/mol. The Bertz CT molecular complexity index is 564. The molecular weight excluding hydrogens is 248 g/mol. The van der Waals surface area contributed by atoms with Crippen LogP contribution in [0.3, 0.4) is 0 Å². The van der Waals surface area contributed by atoms with Gasteiger partial charge in [-0.1, -0.05) is 48.5 Å². The summed E-state index contributed by atoms with van der Waals surface area (Å²) in [6.07, 6.45) is 0. The Hall–Kier alpha value is -1.97. The third-order valence-electron chi connectivity index (χ3n) is 3.50. The zero-order chi connectivity index (χ0) is 14.6. The van der Waals surface area contributed by atoms with Crippen molar-refractivity contribution in [3.05, 3.63) is 66.2 Å². The minimum Gasteiger partial charge on any atom is -0.317 e. The van der Waals surface area contributed by atoms with Crippen molar-refractivity contribution >= 4 is 11.5 Å². The van der Waals surface area contributed by atoms with Crippen molar-refractivity contribution in [2.24, 2.45) is 5.73 Å². The molecule has 20 heavy (non-hydrogen) atoms. The monoisotopic (exact) mass is 269 g/mol. The number of carbonyl (C=O) groups is 1. The molecule has 2 N–H and O–H groups in total. The number of benzene rings is 2. The minimum atomic E-state index is -0.507. The third-order valence-corrected chi connectivity index (χ3v) is 3.50. The summed E-state index contributed by atoms with van der Waals surface area (Å²) in [7, 11) is 4.13. The van der Waals surface area contributed by atoms with E-state index < -0.39 is 6.04 Å². The van der Waals surface area contributed by atoms with E-state index >= 15 is 0 Å². The molecule has 0 saturated heterocycles. The summed E-state index contributed by atoms with van der Waals surface area (Å²) in [5, 5.41) is 0. The fourth-order valence-corrected chi connectivity index (χ4v) is 2.33. The lowest BCUT2D eigenvalue weighted by atomic mass is 10.0. The number of likely N-dealkylation sites (N-methyl/N-ethyl adjacent to an activating group) is 1. The Balaban J connectivity index is 2.11. The molecule has 0 bridgehead atoms. The molecule has 2 aromatic rings. The number of quaternary nitrogens is 1. The summed E-state index contributed by atoms with van der Waals surface area (Å²) < 4.78 is 0.584. The van der Waals surface area contributed by atoms with E-state index in [1.54, 1.807) is 0 Å². The number of hydrogen-bond acceptors (Lipinski definition) is 2. The smallest absolute Gasteiger partial charge is 0.185 e. The highest BCUT2D eigenvalue weighted by molar-refractivity contribution is 6.00. The third kappa shape index (κ3) is 3.32.